The number of piperazine rings is 1. The van der Waals surface area contributed by atoms with Gasteiger partial charge in [-0.2, -0.15) is 5.10 Å². The van der Waals surface area contributed by atoms with Gasteiger partial charge in [0.1, 0.15) is 0 Å². The van der Waals surface area contributed by atoms with Crippen LogP contribution in [-0.2, 0) is 13.6 Å². The number of rotatable bonds is 4. The molecule has 0 aliphatic carbocycles. The summed E-state index contributed by atoms with van der Waals surface area (Å²) in [7, 11) is 1.99. The quantitative estimate of drug-likeness (QED) is 0.926. The Morgan fingerprint density at radius 3 is 2.62 bits per heavy atom. The first-order chi connectivity index (χ1) is 9.75. The lowest BCUT2D eigenvalue weighted by Crippen LogP contribution is -2.60. The van der Waals surface area contributed by atoms with Gasteiger partial charge in [-0.15, -0.1) is 0 Å². The normalized spacial score (nSPS) is 24.7. The smallest absolute Gasteiger partial charge is 0.0764 e. The molecule has 2 rings (SSSR count). The Morgan fingerprint density at radius 1 is 1.38 bits per heavy atom. The van der Waals surface area contributed by atoms with Crippen molar-refractivity contribution in [3.63, 3.8) is 0 Å². The molecule has 1 aliphatic heterocycles. The Kier molecular flexibility index (Phi) is 5.10. The summed E-state index contributed by atoms with van der Waals surface area (Å²) in [5.74, 6) is 0.731. The van der Waals surface area contributed by atoms with Gasteiger partial charge in [0.05, 0.1) is 5.69 Å². The van der Waals surface area contributed by atoms with E-state index in [2.05, 4.69) is 56.0 Å². The summed E-state index contributed by atoms with van der Waals surface area (Å²) >= 11 is 0. The summed E-state index contributed by atoms with van der Waals surface area (Å²) in [4.78, 5) is 2.63. The topological polar surface area (TPSA) is 33.1 Å². The van der Waals surface area contributed by atoms with Crippen molar-refractivity contribution in [2.75, 3.05) is 13.1 Å². The third kappa shape index (κ3) is 4.55. The molecule has 1 aromatic heterocycles. The summed E-state index contributed by atoms with van der Waals surface area (Å²) in [6.45, 7) is 14.8. The highest BCUT2D eigenvalue weighted by atomic mass is 15.3. The third-order valence-corrected chi connectivity index (χ3v) is 4.46. The Morgan fingerprint density at radius 2 is 2.10 bits per heavy atom. The number of nitrogens with zero attached hydrogens (tertiary/aromatic N) is 3. The van der Waals surface area contributed by atoms with Gasteiger partial charge in [0.2, 0.25) is 0 Å². The number of hydrogen-bond donors (Lipinski definition) is 1. The van der Waals surface area contributed by atoms with Gasteiger partial charge >= 0.3 is 0 Å². The van der Waals surface area contributed by atoms with Crippen molar-refractivity contribution >= 4 is 0 Å². The Labute approximate surface area is 129 Å². The van der Waals surface area contributed by atoms with E-state index in [-0.39, 0.29) is 0 Å². The van der Waals surface area contributed by atoms with Crippen LogP contribution < -0.4 is 5.32 Å². The first-order valence-electron chi connectivity index (χ1n) is 8.21. The molecular weight excluding hydrogens is 260 g/mol. The average Bonchev–Trinajstić information content (AvgIpc) is 2.75. The van der Waals surface area contributed by atoms with Crippen LogP contribution in [0.25, 0.3) is 0 Å². The lowest BCUT2D eigenvalue weighted by atomic mass is 9.84. The molecule has 4 heteroatoms. The molecular formula is C17H32N4. The number of aryl methyl sites for hydroxylation is 1. The van der Waals surface area contributed by atoms with E-state index in [1.807, 2.05) is 17.9 Å². The van der Waals surface area contributed by atoms with Crippen molar-refractivity contribution in [3.8, 4) is 0 Å². The van der Waals surface area contributed by atoms with Crippen LogP contribution >= 0.6 is 0 Å². The van der Waals surface area contributed by atoms with E-state index in [1.165, 1.54) is 12.1 Å². The van der Waals surface area contributed by atoms with Crippen LogP contribution in [0.2, 0.25) is 0 Å². The summed E-state index contributed by atoms with van der Waals surface area (Å²) in [5.41, 5.74) is 1.48. The van der Waals surface area contributed by atoms with Crippen LogP contribution in [0.1, 0.15) is 46.7 Å². The minimum absolute atomic E-state index is 0.297. The zero-order chi connectivity index (χ0) is 15.6. The van der Waals surface area contributed by atoms with Gasteiger partial charge in [0.15, 0.2) is 0 Å². The molecule has 1 saturated heterocycles. The maximum atomic E-state index is 4.56. The van der Waals surface area contributed by atoms with Crippen molar-refractivity contribution in [3.05, 3.63) is 18.0 Å². The SMILES string of the molecule is CC(C)CC1CNC(C(C)(C)C)CN1Cc1ccn(C)n1. The van der Waals surface area contributed by atoms with Crippen LogP contribution in [0.4, 0.5) is 0 Å². The number of hydrogen-bond acceptors (Lipinski definition) is 3. The minimum Gasteiger partial charge on any atom is -0.311 e. The van der Waals surface area contributed by atoms with Gasteiger partial charge in [-0.3, -0.25) is 9.58 Å². The van der Waals surface area contributed by atoms with E-state index in [0.29, 0.717) is 17.5 Å². The Balaban J connectivity index is 2.08. The fraction of sp³-hybridized carbons (Fsp3) is 0.824. The molecule has 4 nitrogen and oxygen atoms in total. The molecule has 1 N–H and O–H groups in total. The molecule has 2 unspecified atom stereocenters. The minimum atomic E-state index is 0.297. The third-order valence-electron chi connectivity index (χ3n) is 4.46. The fourth-order valence-electron chi connectivity index (χ4n) is 3.16. The summed E-state index contributed by atoms with van der Waals surface area (Å²) in [5, 5.41) is 8.33. The highest BCUT2D eigenvalue weighted by Gasteiger charge is 2.34. The van der Waals surface area contributed by atoms with Crippen LogP contribution in [0, 0.1) is 11.3 Å². The standard InChI is InChI=1S/C17H32N4/c1-13(2)9-15-10-18-16(17(3,4)5)12-21(15)11-14-7-8-20(6)19-14/h7-8,13,15-16,18H,9-12H2,1-6H3. The van der Waals surface area contributed by atoms with Crippen molar-refractivity contribution in [1.29, 1.82) is 0 Å². The van der Waals surface area contributed by atoms with Crippen LogP contribution in [-0.4, -0.2) is 39.9 Å². The molecule has 1 aromatic rings. The second-order valence-electron chi connectivity index (χ2n) is 8.02. The largest absolute Gasteiger partial charge is 0.311 e. The van der Waals surface area contributed by atoms with E-state index >= 15 is 0 Å². The summed E-state index contributed by atoms with van der Waals surface area (Å²) in [6, 6.07) is 3.30. The molecule has 0 bridgehead atoms. The van der Waals surface area contributed by atoms with Gasteiger partial charge in [-0.25, -0.2) is 0 Å². The molecule has 0 spiro atoms. The summed E-state index contributed by atoms with van der Waals surface area (Å²) in [6.07, 6.45) is 3.28. The van der Waals surface area contributed by atoms with E-state index < -0.39 is 0 Å². The molecule has 2 atom stereocenters. The molecule has 0 radical (unpaired) electrons. The van der Waals surface area contributed by atoms with Gasteiger partial charge in [-0.1, -0.05) is 34.6 Å². The molecule has 0 aromatic carbocycles. The van der Waals surface area contributed by atoms with Gasteiger partial charge in [0.25, 0.3) is 0 Å². The van der Waals surface area contributed by atoms with Crippen LogP contribution in [0.3, 0.4) is 0 Å². The van der Waals surface area contributed by atoms with E-state index in [0.717, 1.165) is 25.6 Å². The monoisotopic (exact) mass is 292 g/mol. The second-order valence-corrected chi connectivity index (χ2v) is 8.02. The van der Waals surface area contributed by atoms with E-state index in [1.54, 1.807) is 0 Å². The van der Waals surface area contributed by atoms with E-state index in [4.69, 9.17) is 0 Å². The highest BCUT2D eigenvalue weighted by Crippen LogP contribution is 2.26. The molecule has 1 fully saturated rings. The zero-order valence-electron chi connectivity index (χ0n) is 14.6. The highest BCUT2D eigenvalue weighted by molar-refractivity contribution is 5.01. The zero-order valence-corrected chi connectivity index (χ0v) is 14.6. The Hall–Kier alpha value is -0.870. The molecule has 2 heterocycles. The maximum absolute atomic E-state index is 4.56. The first kappa shape index (κ1) is 16.5. The maximum Gasteiger partial charge on any atom is 0.0764 e. The second kappa shape index (κ2) is 6.49. The molecule has 0 amide bonds. The van der Waals surface area contributed by atoms with Crippen molar-refractivity contribution in [1.82, 2.24) is 20.0 Å². The van der Waals surface area contributed by atoms with Gasteiger partial charge in [0, 0.05) is 45.0 Å². The molecule has 21 heavy (non-hydrogen) atoms. The van der Waals surface area contributed by atoms with Gasteiger partial charge in [-0.05, 0) is 23.8 Å². The van der Waals surface area contributed by atoms with E-state index in [9.17, 15) is 0 Å². The van der Waals surface area contributed by atoms with Crippen molar-refractivity contribution in [2.45, 2.75) is 59.7 Å². The Bertz CT molecular complexity index is 444. The van der Waals surface area contributed by atoms with Crippen molar-refractivity contribution in [2.24, 2.45) is 18.4 Å². The molecule has 0 saturated carbocycles. The number of aromatic nitrogens is 2. The average molecular weight is 292 g/mol. The van der Waals surface area contributed by atoms with Gasteiger partial charge < -0.3 is 5.32 Å². The summed E-state index contributed by atoms with van der Waals surface area (Å²) < 4.78 is 1.90. The molecule has 120 valence electrons. The lowest BCUT2D eigenvalue weighted by molar-refractivity contribution is 0.0680. The van der Waals surface area contributed by atoms with Crippen LogP contribution in [0.5, 0.6) is 0 Å². The number of nitrogens with one attached hydrogen (secondary N) is 1. The fourth-order valence-corrected chi connectivity index (χ4v) is 3.16. The lowest BCUT2D eigenvalue weighted by Gasteiger charge is -2.45. The first-order valence-corrected chi connectivity index (χ1v) is 8.21. The van der Waals surface area contributed by atoms with Crippen molar-refractivity contribution < 1.29 is 0 Å². The molecule has 1 aliphatic rings. The van der Waals surface area contributed by atoms with Crippen LogP contribution in [0.15, 0.2) is 12.3 Å². The predicted molar refractivity (Wildman–Crippen MR) is 88.1 cm³/mol. The predicted octanol–water partition coefficient (Wildman–Crippen LogP) is 2.65.